The van der Waals surface area contributed by atoms with Crippen molar-refractivity contribution in [2.24, 2.45) is 0 Å². The number of hydrogen-bond donors (Lipinski definition) is 1. The van der Waals surface area contributed by atoms with E-state index in [9.17, 15) is 0 Å². The lowest BCUT2D eigenvalue weighted by Gasteiger charge is -2.19. The van der Waals surface area contributed by atoms with Crippen LogP contribution < -0.4 is 10.1 Å². The van der Waals surface area contributed by atoms with Gasteiger partial charge >= 0.3 is 0 Å². The van der Waals surface area contributed by atoms with E-state index in [-0.39, 0.29) is 6.04 Å². The molecule has 1 aromatic carbocycles. The molecule has 1 unspecified atom stereocenters. The molecule has 2 heterocycles. The lowest BCUT2D eigenvalue weighted by Crippen LogP contribution is -2.21. The summed E-state index contributed by atoms with van der Waals surface area (Å²) in [6.07, 6.45) is 1.83. The highest BCUT2D eigenvalue weighted by molar-refractivity contribution is 7.10. The van der Waals surface area contributed by atoms with E-state index in [1.54, 1.807) is 18.4 Å². The number of aromatic nitrogens is 1. The van der Waals surface area contributed by atoms with Gasteiger partial charge in [-0.05, 0) is 41.8 Å². The Morgan fingerprint density at radius 1 is 1.29 bits per heavy atom. The summed E-state index contributed by atoms with van der Waals surface area (Å²) in [5.41, 5.74) is 2.26. The molecule has 0 bridgehead atoms. The van der Waals surface area contributed by atoms with Gasteiger partial charge in [0.2, 0.25) is 0 Å². The third kappa shape index (κ3) is 2.77. The van der Waals surface area contributed by atoms with E-state index in [1.165, 1.54) is 10.4 Å². The Morgan fingerprint density at radius 2 is 2.19 bits per heavy atom. The van der Waals surface area contributed by atoms with E-state index in [1.807, 2.05) is 18.3 Å². The number of nitrogens with zero attached hydrogens (tertiary/aromatic N) is 1. The zero-order chi connectivity index (χ0) is 14.7. The minimum Gasteiger partial charge on any atom is -0.496 e. The van der Waals surface area contributed by atoms with Crippen LogP contribution in [-0.2, 0) is 0 Å². The van der Waals surface area contributed by atoms with Crippen molar-refractivity contribution < 1.29 is 4.74 Å². The van der Waals surface area contributed by atoms with Crippen molar-refractivity contribution in [3.63, 3.8) is 0 Å². The highest BCUT2D eigenvalue weighted by Gasteiger charge is 2.19. The number of thiophene rings is 1. The van der Waals surface area contributed by atoms with Gasteiger partial charge in [-0.3, -0.25) is 4.98 Å². The highest BCUT2D eigenvalue weighted by atomic mass is 32.1. The number of pyridine rings is 1. The fourth-order valence-electron chi connectivity index (χ4n) is 2.53. The Hall–Kier alpha value is -1.91. The topological polar surface area (TPSA) is 34.2 Å². The van der Waals surface area contributed by atoms with Crippen molar-refractivity contribution in [2.75, 3.05) is 13.7 Å². The van der Waals surface area contributed by atoms with Gasteiger partial charge in [0.25, 0.3) is 0 Å². The van der Waals surface area contributed by atoms with E-state index in [2.05, 4.69) is 46.9 Å². The van der Waals surface area contributed by atoms with Crippen molar-refractivity contribution in [1.82, 2.24) is 10.3 Å². The van der Waals surface area contributed by atoms with E-state index < -0.39 is 0 Å². The molecule has 0 aliphatic carbocycles. The molecule has 21 heavy (non-hydrogen) atoms. The fraction of sp³-hybridized carbons (Fsp3) is 0.235. The van der Waals surface area contributed by atoms with Gasteiger partial charge in [-0.25, -0.2) is 0 Å². The number of fused-ring (bicyclic) bond motifs is 1. The maximum atomic E-state index is 5.48. The van der Waals surface area contributed by atoms with Crippen LogP contribution in [-0.4, -0.2) is 18.6 Å². The van der Waals surface area contributed by atoms with Crippen LogP contribution in [0.3, 0.4) is 0 Å². The average molecular weight is 298 g/mol. The third-order valence-electron chi connectivity index (χ3n) is 3.51. The minimum absolute atomic E-state index is 0.148. The molecule has 0 saturated carbocycles. The maximum absolute atomic E-state index is 5.48. The number of rotatable bonds is 5. The van der Waals surface area contributed by atoms with Gasteiger partial charge in [0, 0.05) is 11.6 Å². The molecule has 0 aliphatic heterocycles. The Bertz CT molecular complexity index is 738. The van der Waals surface area contributed by atoms with E-state index in [4.69, 9.17) is 4.74 Å². The van der Waals surface area contributed by atoms with E-state index in [0.29, 0.717) is 0 Å². The molecule has 1 atom stereocenters. The third-order valence-corrected chi connectivity index (χ3v) is 4.47. The zero-order valence-corrected chi connectivity index (χ0v) is 13.0. The molecule has 3 nitrogen and oxygen atoms in total. The fourth-order valence-corrected chi connectivity index (χ4v) is 3.49. The molecule has 108 valence electrons. The zero-order valence-electron chi connectivity index (χ0n) is 12.2. The summed E-state index contributed by atoms with van der Waals surface area (Å²) in [5.74, 6) is 0.942. The van der Waals surface area contributed by atoms with Gasteiger partial charge in [0.1, 0.15) is 5.75 Å². The molecule has 3 aromatic rings. The van der Waals surface area contributed by atoms with Crippen LogP contribution >= 0.6 is 11.3 Å². The molecule has 3 rings (SSSR count). The molecule has 1 N–H and O–H groups in total. The second-order valence-corrected chi connectivity index (χ2v) is 5.75. The number of methoxy groups -OCH3 is 1. The quantitative estimate of drug-likeness (QED) is 0.773. The molecule has 0 saturated heterocycles. The molecular formula is C17H18N2OS. The standard InChI is InChI=1S/C17H18N2OS/c1-3-18-16(17-15(20-2)8-10-21-17)13-6-7-14-12(11-13)5-4-9-19-14/h4-11,16,18H,3H2,1-2H3. The molecule has 0 radical (unpaired) electrons. The van der Waals surface area contributed by atoms with Crippen molar-refractivity contribution in [1.29, 1.82) is 0 Å². The van der Waals surface area contributed by atoms with Crippen LogP contribution in [0.5, 0.6) is 5.75 Å². The molecule has 0 fully saturated rings. The minimum atomic E-state index is 0.148. The van der Waals surface area contributed by atoms with E-state index >= 15 is 0 Å². The van der Waals surface area contributed by atoms with Gasteiger partial charge in [-0.15, -0.1) is 11.3 Å². The van der Waals surface area contributed by atoms with Gasteiger partial charge in [0.05, 0.1) is 23.5 Å². The average Bonchev–Trinajstić information content (AvgIpc) is 3.00. The largest absolute Gasteiger partial charge is 0.496 e. The monoisotopic (exact) mass is 298 g/mol. The Morgan fingerprint density at radius 3 is 3.00 bits per heavy atom. The predicted octanol–water partition coefficient (Wildman–Crippen LogP) is 4.00. The number of hydrogen-bond acceptors (Lipinski definition) is 4. The van der Waals surface area contributed by atoms with Crippen molar-refractivity contribution in [2.45, 2.75) is 13.0 Å². The summed E-state index contributed by atoms with van der Waals surface area (Å²) < 4.78 is 5.48. The van der Waals surface area contributed by atoms with Crippen LogP contribution in [0.25, 0.3) is 10.9 Å². The first-order valence-electron chi connectivity index (χ1n) is 7.03. The normalized spacial score (nSPS) is 12.5. The smallest absolute Gasteiger partial charge is 0.134 e. The molecule has 0 spiro atoms. The second-order valence-electron chi connectivity index (χ2n) is 4.80. The van der Waals surface area contributed by atoms with Crippen molar-refractivity contribution in [3.05, 3.63) is 58.4 Å². The predicted molar refractivity (Wildman–Crippen MR) is 88.1 cm³/mol. The molecule has 2 aromatic heterocycles. The van der Waals surface area contributed by atoms with Gasteiger partial charge in [0.15, 0.2) is 0 Å². The SMILES string of the molecule is CCNC(c1ccc2ncccc2c1)c1sccc1OC. The van der Waals surface area contributed by atoms with Crippen molar-refractivity contribution in [3.8, 4) is 5.75 Å². The molecule has 4 heteroatoms. The Kier molecular flexibility index (Phi) is 4.18. The van der Waals surface area contributed by atoms with Crippen LogP contribution in [0, 0.1) is 0 Å². The van der Waals surface area contributed by atoms with Gasteiger partial charge in [-0.1, -0.05) is 19.1 Å². The van der Waals surface area contributed by atoms with E-state index in [0.717, 1.165) is 23.2 Å². The number of nitrogens with one attached hydrogen (secondary N) is 1. The number of benzene rings is 1. The lowest BCUT2D eigenvalue weighted by molar-refractivity contribution is 0.408. The van der Waals surface area contributed by atoms with Gasteiger partial charge in [-0.2, -0.15) is 0 Å². The van der Waals surface area contributed by atoms with Crippen LogP contribution in [0.1, 0.15) is 23.4 Å². The number of ether oxygens (including phenoxy) is 1. The molecular weight excluding hydrogens is 280 g/mol. The first-order valence-corrected chi connectivity index (χ1v) is 7.91. The first-order chi connectivity index (χ1) is 10.3. The van der Waals surface area contributed by atoms with Crippen LogP contribution in [0.2, 0.25) is 0 Å². The van der Waals surface area contributed by atoms with Crippen LogP contribution in [0.15, 0.2) is 48.0 Å². The summed E-state index contributed by atoms with van der Waals surface area (Å²) in [5, 5.41) is 6.78. The lowest BCUT2D eigenvalue weighted by atomic mass is 10.0. The Labute approximate surface area is 128 Å². The van der Waals surface area contributed by atoms with Gasteiger partial charge < -0.3 is 10.1 Å². The summed E-state index contributed by atoms with van der Waals surface area (Å²) in [7, 11) is 1.72. The highest BCUT2D eigenvalue weighted by Crippen LogP contribution is 2.35. The Balaban J connectivity index is 2.06. The molecule has 0 aliphatic rings. The van der Waals surface area contributed by atoms with Crippen LogP contribution in [0.4, 0.5) is 0 Å². The second kappa shape index (κ2) is 6.24. The first kappa shape index (κ1) is 14.0. The van der Waals surface area contributed by atoms with Crippen molar-refractivity contribution >= 4 is 22.2 Å². The summed E-state index contributed by atoms with van der Waals surface area (Å²) >= 11 is 1.72. The maximum Gasteiger partial charge on any atom is 0.134 e. The molecule has 0 amide bonds. The summed E-state index contributed by atoms with van der Waals surface area (Å²) in [6.45, 7) is 3.02. The summed E-state index contributed by atoms with van der Waals surface area (Å²) in [4.78, 5) is 5.59. The summed E-state index contributed by atoms with van der Waals surface area (Å²) in [6, 6.07) is 12.7.